The largest absolute Gasteiger partial charge is 0.477 e. The maximum atomic E-state index is 12.3. The summed E-state index contributed by atoms with van der Waals surface area (Å²) in [6.45, 7) is 1.23. The van der Waals surface area contributed by atoms with E-state index in [1.165, 1.54) is 18.9 Å². The number of amides is 1. The van der Waals surface area contributed by atoms with Gasteiger partial charge < -0.3 is 14.4 Å². The van der Waals surface area contributed by atoms with E-state index in [2.05, 4.69) is 15.0 Å². The Balaban J connectivity index is 1.50. The molecule has 0 spiro atoms. The van der Waals surface area contributed by atoms with Crippen LogP contribution >= 0.6 is 11.8 Å². The van der Waals surface area contributed by atoms with E-state index in [-0.39, 0.29) is 12.0 Å². The van der Waals surface area contributed by atoms with Crippen LogP contribution in [0.1, 0.15) is 6.42 Å². The van der Waals surface area contributed by atoms with Gasteiger partial charge in [0.05, 0.1) is 19.4 Å². The molecule has 3 rings (SSSR count). The van der Waals surface area contributed by atoms with Gasteiger partial charge in [0, 0.05) is 42.6 Å². The minimum absolute atomic E-state index is 0.0922. The summed E-state index contributed by atoms with van der Waals surface area (Å²) in [6.07, 6.45) is 7.23. The van der Waals surface area contributed by atoms with Crippen LogP contribution in [0.4, 0.5) is 0 Å². The monoisotopic (exact) mass is 346 g/mol. The predicted octanol–water partition coefficient (Wildman–Crippen LogP) is 1.65. The van der Waals surface area contributed by atoms with Crippen molar-refractivity contribution in [3.63, 3.8) is 0 Å². The number of carbonyl (C=O) groups excluding carboxylic acids is 1. The number of hydrogen-bond acceptors (Lipinski definition) is 7. The number of aromatic nitrogens is 3. The number of hydrogen-bond donors (Lipinski definition) is 0. The van der Waals surface area contributed by atoms with Crippen LogP contribution in [0.2, 0.25) is 0 Å². The summed E-state index contributed by atoms with van der Waals surface area (Å²) < 4.78 is 11.0. The summed E-state index contributed by atoms with van der Waals surface area (Å²) in [4.78, 5) is 27.3. The van der Waals surface area contributed by atoms with Crippen molar-refractivity contribution in [3.8, 4) is 11.8 Å². The van der Waals surface area contributed by atoms with E-state index in [4.69, 9.17) is 9.47 Å². The van der Waals surface area contributed by atoms with Gasteiger partial charge >= 0.3 is 0 Å². The van der Waals surface area contributed by atoms with E-state index in [1.807, 2.05) is 17.0 Å². The van der Waals surface area contributed by atoms with Crippen molar-refractivity contribution in [2.45, 2.75) is 17.4 Å². The summed E-state index contributed by atoms with van der Waals surface area (Å²) in [5.41, 5.74) is 0. The summed E-state index contributed by atoms with van der Waals surface area (Å²) in [5, 5.41) is 0. The number of thioether (sulfide) groups is 1. The number of nitrogens with zero attached hydrogens (tertiary/aromatic N) is 4. The Morgan fingerprint density at radius 1 is 1.25 bits per heavy atom. The molecule has 1 aliphatic rings. The number of pyridine rings is 1. The molecule has 0 radical (unpaired) electrons. The van der Waals surface area contributed by atoms with Gasteiger partial charge in [-0.1, -0.05) is 0 Å². The van der Waals surface area contributed by atoms with Crippen molar-refractivity contribution in [2.24, 2.45) is 0 Å². The van der Waals surface area contributed by atoms with Gasteiger partial charge in [-0.15, -0.1) is 11.8 Å². The van der Waals surface area contributed by atoms with Crippen LogP contribution in [0.3, 0.4) is 0 Å². The highest BCUT2D eigenvalue weighted by Crippen LogP contribution is 2.24. The third kappa shape index (κ3) is 4.14. The third-order valence-corrected chi connectivity index (χ3v) is 4.61. The zero-order chi connectivity index (χ0) is 16.8. The van der Waals surface area contributed by atoms with E-state index in [9.17, 15) is 4.79 Å². The molecule has 1 aliphatic heterocycles. The van der Waals surface area contributed by atoms with E-state index in [1.54, 1.807) is 24.8 Å². The molecule has 1 unspecified atom stereocenters. The maximum absolute atomic E-state index is 12.3. The number of carbonyl (C=O) groups is 1. The maximum Gasteiger partial charge on any atom is 0.278 e. The lowest BCUT2D eigenvalue weighted by Crippen LogP contribution is -2.32. The summed E-state index contributed by atoms with van der Waals surface area (Å²) >= 11 is 1.51. The molecule has 2 aromatic heterocycles. The molecule has 0 saturated carbocycles. The molecular weight excluding hydrogens is 328 g/mol. The molecule has 3 heterocycles. The average molecular weight is 346 g/mol. The fourth-order valence-electron chi connectivity index (χ4n) is 2.41. The van der Waals surface area contributed by atoms with Crippen LogP contribution in [0, 0.1) is 0 Å². The van der Waals surface area contributed by atoms with Gasteiger partial charge in [-0.25, -0.2) is 9.97 Å². The van der Waals surface area contributed by atoms with Gasteiger partial charge in [0.25, 0.3) is 11.8 Å². The van der Waals surface area contributed by atoms with Crippen LogP contribution in [0.5, 0.6) is 11.8 Å². The van der Waals surface area contributed by atoms with E-state index in [0.29, 0.717) is 30.6 Å². The second-order valence-corrected chi connectivity index (χ2v) is 6.26. The van der Waals surface area contributed by atoms with Gasteiger partial charge in [-0.3, -0.25) is 9.78 Å². The number of methoxy groups -OCH3 is 1. The fourth-order valence-corrected chi connectivity index (χ4v) is 3.20. The minimum Gasteiger partial charge on any atom is -0.477 e. The summed E-state index contributed by atoms with van der Waals surface area (Å²) in [7, 11) is 1.53. The molecule has 126 valence electrons. The zero-order valence-corrected chi connectivity index (χ0v) is 14.1. The molecule has 0 N–H and O–H groups in total. The first kappa shape index (κ1) is 16.5. The van der Waals surface area contributed by atoms with Crippen molar-refractivity contribution < 1.29 is 14.3 Å². The highest BCUT2D eigenvalue weighted by molar-refractivity contribution is 8.00. The Bertz CT molecular complexity index is 686. The average Bonchev–Trinajstić information content (AvgIpc) is 3.10. The lowest BCUT2D eigenvalue weighted by atomic mass is 10.3. The molecule has 1 fully saturated rings. The lowest BCUT2D eigenvalue weighted by Gasteiger charge is -2.17. The molecule has 7 nitrogen and oxygen atoms in total. The second kappa shape index (κ2) is 7.96. The quantitative estimate of drug-likeness (QED) is 0.736. The first-order valence-electron chi connectivity index (χ1n) is 7.58. The van der Waals surface area contributed by atoms with Crippen LogP contribution in [-0.4, -0.2) is 57.8 Å². The molecule has 1 amide bonds. The van der Waals surface area contributed by atoms with Crippen molar-refractivity contribution in [1.82, 2.24) is 19.9 Å². The molecule has 0 bridgehead atoms. The predicted molar refractivity (Wildman–Crippen MR) is 89.2 cm³/mol. The Labute approximate surface area is 144 Å². The number of likely N-dealkylation sites (tertiary alicyclic amines) is 1. The Kier molecular flexibility index (Phi) is 5.47. The standard InChI is InChI=1S/C16H18N4O3S/c1-22-15-16(19-8-7-18-15)23-12-4-9-20(10-12)14(21)11-24-13-2-5-17-6-3-13/h2-3,5-8,12H,4,9-11H2,1H3. The molecule has 1 atom stereocenters. The van der Waals surface area contributed by atoms with Crippen molar-refractivity contribution in [2.75, 3.05) is 26.0 Å². The fraction of sp³-hybridized carbons (Fsp3) is 0.375. The molecule has 24 heavy (non-hydrogen) atoms. The minimum atomic E-state index is -0.0922. The smallest absolute Gasteiger partial charge is 0.278 e. The molecule has 1 saturated heterocycles. The highest BCUT2D eigenvalue weighted by atomic mass is 32.2. The van der Waals surface area contributed by atoms with Crippen molar-refractivity contribution >= 4 is 17.7 Å². The van der Waals surface area contributed by atoms with Gasteiger partial charge in [0.2, 0.25) is 5.91 Å². The first-order chi connectivity index (χ1) is 11.8. The van der Waals surface area contributed by atoms with Crippen LogP contribution in [-0.2, 0) is 4.79 Å². The SMILES string of the molecule is COc1nccnc1OC1CCN(C(=O)CSc2ccncc2)C1. The Hall–Kier alpha value is -2.35. The van der Waals surface area contributed by atoms with Crippen LogP contribution in [0.25, 0.3) is 0 Å². The molecule has 2 aromatic rings. The molecule has 0 aromatic carbocycles. The van der Waals surface area contributed by atoms with Crippen molar-refractivity contribution in [3.05, 3.63) is 36.9 Å². The van der Waals surface area contributed by atoms with Crippen LogP contribution in [0.15, 0.2) is 41.8 Å². The number of rotatable bonds is 6. The van der Waals surface area contributed by atoms with Gasteiger partial charge in [-0.2, -0.15) is 0 Å². The van der Waals surface area contributed by atoms with E-state index < -0.39 is 0 Å². The van der Waals surface area contributed by atoms with Gasteiger partial charge in [-0.05, 0) is 12.1 Å². The number of ether oxygens (including phenoxy) is 2. The molecular formula is C16H18N4O3S. The summed E-state index contributed by atoms with van der Waals surface area (Å²) in [6, 6.07) is 3.79. The third-order valence-electron chi connectivity index (χ3n) is 3.61. The van der Waals surface area contributed by atoms with Gasteiger partial charge in [0.15, 0.2) is 0 Å². The van der Waals surface area contributed by atoms with Crippen molar-refractivity contribution in [1.29, 1.82) is 0 Å². The summed E-state index contributed by atoms with van der Waals surface area (Å²) in [5.74, 6) is 1.24. The molecule has 0 aliphatic carbocycles. The first-order valence-corrected chi connectivity index (χ1v) is 8.57. The topological polar surface area (TPSA) is 77.4 Å². The molecule has 8 heteroatoms. The van der Waals surface area contributed by atoms with Crippen LogP contribution < -0.4 is 9.47 Å². The van der Waals surface area contributed by atoms with E-state index >= 15 is 0 Å². The van der Waals surface area contributed by atoms with Gasteiger partial charge in [0.1, 0.15) is 6.10 Å². The Morgan fingerprint density at radius 3 is 2.75 bits per heavy atom. The lowest BCUT2D eigenvalue weighted by molar-refractivity contribution is -0.127. The Morgan fingerprint density at radius 2 is 2.00 bits per heavy atom. The highest BCUT2D eigenvalue weighted by Gasteiger charge is 2.28. The van der Waals surface area contributed by atoms with E-state index in [0.717, 1.165) is 11.3 Å². The second-order valence-electron chi connectivity index (χ2n) is 5.21. The zero-order valence-electron chi connectivity index (χ0n) is 13.3. The normalized spacial score (nSPS) is 16.9.